The van der Waals surface area contributed by atoms with Gasteiger partial charge >= 0.3 is 0 Å². The molecule has 0 saturated carbocycles. The van der Waals surface area contributed by atoms with Gasteiger partial charge in [-0.3, -0.25) is 14.8 Å². The van der Waals surface area contributed by atoms with Gasteiger partial charge in [0.05, 0.1) is 0 Å². The van der Waals surface area contributed by atoms with Crippen LogP contribution < -0.4 is 10.2 Å². The fraction of sp³-hybridized carbons (Fsp3) is 0.421. The SMILES string of the molecule is CCc1ccnc(C(=O)NCC2CCN(c3ccncc3)CC2)c1. The minimum Gasteiger partial charge on any atom is -0.371 e. The van der Waals surface area contributed by atoms with Crippen LogP contribution in [0.3, 0.4) is 0 Å². The van der Waals surface area contributed by atoms with E-state index in [1.54, 1.807) is 6.20 Å². The second kappa shape index (κ2) is 7.90. The van der Waals surface area contributed by atoms with Crippen LogP contribution in [0.1, 0.15) is 35.8 Å². The van der Waals surface area contributed by atoms with E-state index in [1.165, 1.54) is 5.69 Å². The molecule has 1 saturated heterocycles. The number of anilines is 1. The minimum absolute atomic E-state index is 0.0677. The van der Waals surface area contributed by atoms with Crippen LogP contribution in [0.5, 0.6) is 0 Å². The smallest absolute Gasteiger partial charge is 0.269 e. The molecule has 0 unspecified atom stereocenters. The number of carbonyl (C=O) groups is 1. The van der Waals surface area contributed by atoms with Crippen LogP contribution in [-0.4, -0.2) is 35.5 Å². The van der Waals surface area contributed by atoms with E-state index in [-0.39, 0.29) is 5.91 Å². The molecule has 3 heterocycles. The van der Waals surface area contributed by atoms with Gasteiger partial charge in [0.1, 0.15) is 5.69 Å². The molecule has 1 N–H and O–H groups in total. The summed E-state index contributed by atoms with van der Waals surface area (Å²) in [6.45, 7) is 4.84. The second-order valence-electron chi connectivity index (χ2n) is 6.25. The zero-order valence-corrected chi connectivity index (χ0v) is 14.1. The number of nitrogens with zero attached hydrogens (tertiary/aromatic N) is 3. The molecule has 1 fully saturated rings. The molecule has 5 nitrogen and oxygen atoms in total. The Hall–Kier alpha value is -2.43. The van der Waals surface area contributed by atoms with Gasteiger partial charge in [0.25, 0.3) is 5.91 Å². The number of aryl methyl sites for hydroxylation is 1. The van der Waals surface area contributed by atoms with E-state index < -0.39 is 0 Å². The van der Waals surface area contributed by atoms with Crippen molar-refractivity contribution in [3.63, 3.8) is 0 Å². The van der Waals surface area contributed by atoms with Gasteiger partial charge < -0.3 is 10.2 Å². The maximum atomic E-state index is 12.3. The van der Waals surface area contributed by atoms with Crippen LogP contribution in [0.2, 0.25) is 0 Å². The largest absolute Gasteiger partial charge is 0.371 e. The normalized spacial score (nSPS) is 15.3. The monoisotopic (exact) mass is 324 g/mol. The molecule has 24 heavy (non-hydrogen) atoms. The van der Waals surface area contributed by atoms with Crippen LogP contribution >= 0.6 is 0 Å². The summed E-state index contributed by atoms with van der Waals surface area (Å²) in [6, 6.07) is 7.93. The predicted octanol–water partition coefficient (Wildman–Crippen LogP) is 2.69. The number of aromatic nitrogens is 2. The highest BCUT2D eigenvalue weighted by molar-refractivity contribution is 5.92. The van der Waals surface area contributed by atoms with Crippen molar-refractivity contribution in [2.45, 2.75) is 26.2 Å². The zero-order valence-electron chi connectivity index (χ0n) is 14.1. The molecule has 3 rings (SSSR count). The van der Waals surface area contributed by atoms with Crippen molar-refractivity contribution in [3.8, 4) is 0 Å². The van der Waals surface area contributed by atoms with E-state index in [0.29, 0.717) is 11.6 Å². The van der Waals surface area contributed by atoms with E-state index in [0.717, 1.165) is 44.5 Å². The molecule has 1 aliphatic rings. The number of pyridine rings is 2. The molecule has 0 spiro atoms. The molecule has 0 atom stereocenters. The Balaban J connectivity index is 1.47. The van der Waals surface area contributed by atoms with E-state index >= 15 is 0 Å². The summed E-state index contributed by atoms with van der Waals surface area (Å²) in [5.41, 5.74) is 2.89. The number of piperidine rings is 1. The van der Waals surface area contributed by atoms with Crippen LogP contribution in [0, 0.1) is 5.92 Å². The van der Waals surface area contributed by atoms with Gasteiger partial charge in [-0.05, 0) is 55.0 Å². The van der Waals surface area contributed by atoms with Crippen molar-refractivity contribution in [1.29, 1.82) is 0 Å². The maximum Gasteiger partial charge on any atom is 0.269 e. The van der Waals surface area contributed by atoms with Gasteiger partial charge in [0, 0.05) is 43.9 Å². The van der Waals surface area contributed by atoms with Gasteiger partial charge in [-0.1, -0.05) is 6.92 Å². The van der Waals surface area contributed by atoms with Gasteiger partial charge in [-0.2, -0.15) is 0 Å². The van der Waals surface area contributed by atoms with Gasteiger partial charge in [0.2, 0.25) is 0 Å². The third kappa shape index (κ3) is 4.10. The van der Waals surface area contributed by atoms with Crippen LogP contribution in [0.25, 0.3) is 0 Å². The number of carbonyl (C=O) groups excluding carboxylic acids is 1. The number of nitrogens with one attached hydrogen (secondary N) is 1. The molecule has 0 bridgehead atoms. The molecule has 5 heteroatoms. The molecular formula is C19H24N4O. The Kier molecular flexibility index (Phi) is 5.41. The molecule has 0 radical (unpaired) electrons. The molecule has 0 aromatic carbocycles. The molecule has 0 aliphatic carbocycles. The number of hydrogen-bond donors (Lipinski definition) is 1. The van der Waals surface area contributed by atoms with E-state index in [1.807, 2.05) is 24.5 Å². The Morgan fingerprint density at radius 1 is 1.21 bits per heavy atom. The second-order valence-corrected chi connectivity index (χ2v) is 6.25. The average Bonchev–Trinajstić information content (AvgIpc) is 2.67. The highest BCUT2D eigenvalue weighted by Gasteiger charge is 2.20. The lowest BCUT2D eigenvalue weighted by Crippen LogP contribution is -2.38. The Bertz CT molecular complexity index is 666. The Morgan fingerprint density at radius 3 is 2.67 bits per heavy atom. The summed E-state index contributed by atoms with van der Waals surface area (Å²) in [4.78, 5) is 22.9. The first-order valence-electron chi connectivity index (χ1n) is 8.64. The highest BCUT2D eigenvalue weighted by atomic mass is 16.1. The molecule has 2 aromatic rings. The summed E-state index contributed by atoms with van der Waals surface area (Å²) in [5.74, 6) is 0.461. The lowest BCUT2D eigenvalue weighted by atomic mass is 9.96. The van der Waals surface area contributed by atoms with Gasteiger partial charge in [-0.15, -0.1) is 0 Å². The Morgan fingerprint density at radius 2 is 1.96 bits per heavy atom. The van der Waals surface area contributed by atoms with Gasteiger partial charge in [0.15, 0.2) is 0 Å². The third-order valence-corrected chi connectivity index (χ3v) is 4.66. The van der Waals surface area contributed by atoms with Crippen LogP contribution in [0.15, 0.2) is 42.9 Å². The fourth-order valence-electron chi connectivity index (χ4n) is 3.10. The molecule has 2 aromatic heterocycles. The molecule has 1 aliphatic heterocycles. The predicted molar refractivity (Wildman–Crippen MR) is 95.1 cm³/mol. The summed E-state index contributed by atoms with van der Waals surface area (Å²) >= 11 is 0. The van der Waals surface area contributed by atoms with E-state index in [2.05, 4.69) is 39.2 Å². The van der Waals surface area contributed by atoms with Crippen LogP contribution in [0.4, 0.5) is 5.69 Å². The average molecular weight is 324 g/mol. The lowest BCUT2D eigenvalue weighted by molar-refractivity contribution is 0.0940. The molecule has 1 amide bonds. The first kappa shape index (κ1) is 16.4. The van der Waals surface area contributed by atoms with Crippen molar-refractivity contribution in [2.75, 3.05) is 24.5 Å². The highest BCUT2D eigenvalue weighted by Crippen LogP contribution is 2.22. The standard InChI is InChI=1S/C19H24N4O/c1-2-15-3-10-21-18(13-15)19(24)22-14-16-6-11-23(12-7-16)17-4-8-20-9-5-17/h3-5,8-10,13,16H,2,6-7,11-12,14H2,1H3,(H,22,24). The van der Waals surface area contributed by atoms with Crippen molar-refractivity contribution < 1.29 is 4.79 Å². The first-order valence-corrected chi connectivity index (χ1v) is 8.64. The summed E-state index contributed by atoms with van der Waals surface area (Å²) in [5, 5.41) is 3.04. The minimum atomic E-state index is -0.0677. The van der Waals surface area contributed by atoms with E-state index in [4.69, 9.17) is 0 Å². The summed E-state index contributed by atoms with van der Waals surface area (Å²) in [7, 11) is 0. The molecule has 126 valence electrons. The zero-order chi connectivity index (χ0) is 16.8. The lowest BCUT2D eigenvalue weighted by Gasteiger charge is -2.33. The van der Waals surface area contributed by atoms with Crippen molar-refractivity contribution in [3.05, 3.63) is 54.1 Å². The topological polar surface area (TPSA) is 58.1 Å². The summed E-state index contributed by atoms with van der Waals surface area (Å²) < 4.78 is 0. The molecular weight excluding hydrogens is 300 g/mol. The summed E-state index contributed by atoms with van der Waals surface area (Å²) in [6.07, 6.45) is 8.46. The number of rotatable bonds is 5. The van der Waals surface area contributed by atoms with Crippen molar-refractivity contribution in [1.82, 2.24) is 15.3 Å². The maximum absolute atomic E-state index is 12.3. The van der Waals surface area contributed by atoms with Crippen molar-refractivity contribution >= 4 is 11.6 Å². The van der Waals surface area contributed by atoms with Crippen molar-refractivity contribution in [2.24, 2.45) is 5.92 Å². The van der Waals surface area contributed by atoms with Crippen LogP contribution in [-0.2, 0) is 6.42 Å². The Labute approximate surface area is 143 Å². The fourth-order valence-corrected chi connectivity index (χ4v) is 3.10. The van der Waals surface area contributed by atoms with Gasteiger partial charge in [-0.25, -0.2) is 0 Å². The third-order valence-electron chi connectivity index (χ3n) is 4.66. The number of amides is 1. The van der Waals surface area contributed by atoms with E-state index in [9.17, 15) is 4.79 Å². The first-order chi connectivity index (χ1) is 11.8. The number of hydrogen-bond acceptors (Lipinski definition) is 4. The quantitative estimate of drug-likeness (QED) is 0.919.